The van der Waals surface area contributed by atoms with E-state index in [1.807, 2.05) is 0 Å². The van der Waals surface area contributed by atoms with Crippen LogP contribution in [0.2, 0.25) is 0 Å². The van der Waals surface area contributed by atoms with Crippen LogP contribution in [-0.2, 0) is 0 Å². The Balaban J connectivity index is 2.54. The van der Waals surface area contributed by atoms with E-state index in [4.69, 9.17) is 0 Å². The van der Waals surface area contributed by atoms with Crippen molar-refractivity contribution in [1.82, 2.24) is 0 Å². The molecule has 0 heterocycles. The molecule has 0 rings (SSSR count). The van der Waals surface area contributed by atoms with Crippen LogP contribution in [0.1, 0.15) is 13.8 Å². The lowest BCUT2D eigenvalue weighted by molar-refractivity contribution is 1.12. The molecule has 1 atom stereocenters. The second-order valence-electron chi connectivity index (χ2n) is 1.18. The largest absolute Gasteiger partial charge is 0.138 e. The number of hydrogen-bond donors (Lipinski definition) is 0. The summed E-state index contributed by atoms with van der Waals surface area (Å²) >= 11 is 1.80. The molecular formula is C3H9PS. The van der Waals surface area contributed by atoms with Crippen LogP contribution in [0.4, 0.5) is 0 Å². The van der Waals surface area contributed by atoms with Gasteiger partial charge in [-0.05, 0) is 0 Å². The Morgan fingerprint density at radius 3 is 1.80 bits per heavy atom. The third-order valence-corrected chi connectivity index (χ3v) is 2.45. The van der Waals surface area contributed by atoms with Crippen molar-refractivity contribution in [3.63, 3.8) is 0 Å². The fourth-order valence-electron chi connectivity index (χ4n) is 0. The van der Waals surface area contributed by atoms with Crippen molar-refractivity contribution in [1.29, 1.82) is 0 Å². The van der Waals surface area contributed by atoms with Crippen LogP contribution in [0.3, 0.4) is 0 Å². The van der Waals surface area contributed by atoms with Gasteiger partial charge < -0.3 is 0 Å². The smallest absolute Gasteiger partial charge is 0.00267 e. The second kappa shape index (κ2) is 2.99. The Kier molecular flexibility index (Phi) is 3.46. The van der Waals surface area contributed by atoms with Gasteiger partial charge in [-0.15, -0.1) is 11.4 Å². The zero-order chi connectivity index (χ0) is 4.28. The van der Waals surface area contributed by atoms with E-state index >= 15 is 0 Å². The van der Waals surface area contributed by atoms with Gasteiger partial charge in [-0.25, -0.2) is 0 Å². The fourth-order valence-corrected chi connectivity index (χ4v) is 0. The van der Waals surface area contributed by atoms with Crippen molar-refractivity contribution < 1.29 is 0 Å². The van der Waals surface area contributed by atoms with E-state index in [2.05, 4.69) is 22.3 Å². The minimum Gasteiger partial charge on any atom is -0.138 e. The van der Waals surface area contributed by atoms with Crippen LogP contribution in [-0.4, -0.2) is 5.25 Å². The normalized spacial score (nSPS) is 9.60. The van der Waals surface area contributed by atoms with Gasteiger partial charge in [0, 0.05) is 5.25 Å². The SMILES string of the molecule is CC(C)SP. The van der Waals surface area contributed by atoms with Crippen molar-refractivity contribution in [2.45, 2.75) is 19.1 Å². The lowest BCUT2D eigenvalue weighted by Gasteiger charge is -1.90. The average Bonchev–Trinajstić information content (AvgIpc) is 1.38. The minimum absolute atomic E-state index is 0.764. The first-order valence-corrected chi connectivity index (χ1v) is 3.98. The van der Waals surface area contributed by atoms with Gasteiger partial charge in [-0.1, -0.05) is 22.3 Å². The molecule has 0 spiro atoms. The predicted molar refractivity (Wildman–Crippen MR) is 32.4 cm³/mol. The van der Waals surface area contributed by atoms with E-state index in [1.165, 1.54) is 0 Å². The highest BCUT2D eigenvalue weighted by Crippen LogP contribution is 2.16. The van der Waals surface area contributed by atoms with Gasteiger partial charge in [0.25, 0.3) is 0 Å². The van der Waals surface area contributed by atoms with Crippen molar-refractivity contribution in [2.24, 2.45) is 0 Å². The molecule has 0 saturated carbocycles. The number of hydrogen-bond acceptors (Lipinski definition) is 1. The van der Waals surface area contributed by atoms with Gasteiger partial charge in [0.1, 0.15) is 0 Å². The van der Waals surface area contributed by atoms with Crippen LogP contribution in [0.5, 0.6) is 0 Å². The quantitative estimate of drug-likeness (QED) is 0.462. The van der Waals surface area contributed by atoms with Gasteiger partial charge in [-0.3, -0.25) is 0 Å². The van der Waals surface area contributed by atoms with Crippen LogP contribution in [0, 0.1) is 0 Å². The highest BCUT2D eigenvalue weighted by molar-refractivity contribution is 8.44. The Hall–Kier alpha value is 0.780. The minimum atomic E-state index is 0.764. The zero-order valence-corrected chi connectivity index (χ0v) is 5.53. The molecule has 0 aromatic rings. The molecule has 0 N–H and O–H groups in total. The summed E-state index contributed by atoms with van der Waals surface area (Å²) in [6.45, 7) is 4.33. The molecule has 0 nitrogen and oxygen atoms in total. The average molecular weight is 108 g/mol. The van der Waals surface area contributed by atoms with Crippen LogP contribution in [0.25, 0.3) is 0 Å². The molecule has 0 aliphatic carbocycles. The van der Waals surface area contributed by atoms with E-state index in [9.17, 15) is 0 Å². The predicted octanol–water partition coefficient (Wildman–Crippen LogP) is 1.92. The third kappa shape index (κ3) is 4.78. The van der Waals surface area contributed by atoms with Crippen molar-refractivity contribution in [2.75, 3.05) is 0 Å². The maximum atomic E-state index is 2.61. The van der Waals surface area contributed by atoms with E-state index in [0.29, 0.717) is 0 Å². The lowest BCUT2D eigenvalue weighted by atomic mass is 10.6. The third-order valence-electron chi connectivity index (χ3n) is 0.272. The van der Waals surface area contributed by atoms with Crippen LogP contribution < -0.4 is 0 Å². The maximum absolute atomic E-state index is 2.61. The zero-order valence-electron chi connectivity index (χ0n) is 3.56. The highest BCUT2D eigenvalue weighted by atomic mass is 32.7. The Morgan fingerprint density at radius 2 is 1.80 bits per heavy atom. The molecule has 0 fully saturated rings. The molecule has 2 heteroatoms. The van der Waals surface area contributed by atoms with Crippen molar-refractivity contribution in [3.8, 4) is 0 Å². The summed E-state index contributed by atoms with van der Waals surface area (Å²) in [4.78, 5) is 0. The summed E-state index contributed by atoms with van der Waals surface area (Å²) < 4.78 is 0. The summed E-state index contributed by atoms with van der Waals surface area (Å²) in [6, 6.07) is 0. The van der Waals surface area contributed by atoms with Gasteiger partial charge in [-0.2, -0.15) is 0 Å². The highest BCUT2D eigenvalue weighted by Gasteiger charge is 1.80. The molecule has 0 amide bonds. The molecule has 0 aromatic heterocycles. The standard InChI is InChI=1S/C3H9PS/c1-3(2)5-4/h3H,4H2,1-2H3. The van der Waals surface area contributed by atoms with Crippen LogP contribution in [0.15, 0.2) is 0 Å². The monoisotopic (exact) mass is 108 g/mol. The first kappa shape index (κ1) is 5.78. The van der Waals surface area contributed by atoms with Gasteiger partial charge in [0.15, 0.2) is 0 Å². The molecule has 1 unspecified atom stereocenters. The number of rotatable bonds is 1. The summed E-state index contributed by atoms with van der Waals surface area (Å²) in [5, 5.41) is 0.764. The molecule has 0 aliphatic rings. The van der Waals surface area contributed by atoms with Crippen molar-refractivity contribution >= 4 is 19.8 Å². The molecule has 0 radical (unpaired) electrons. The summed E-state index contributed by atoms with van der Waals surface area (Å²) in [5.74, 6) is 0. The van der Waals surface area contributed by atoms with E-state index in [0.717, 1.165) is 5.25 Å². The van der Waals surface area contributed by atoms with Gasteiger partial charge in [0.2, 0.25) is 0 Å². The Labute approximate surface area is 39.7 Å². The van der Waals surface area contributed by atoms with E-state index in [1.54, 1.807) is 11.4 Å². The molecule has 32 valence electrons. The second-order valence-corrected chi connectivity index (χ2v) is 3.22. The lowest BCUT2D eigenvalue weighted by Crippen LogP contribution is -1.75. The molecule has 0 bridgehead atoms. The molecule has 0 saturated heterocycles. The first-order valence-electron chi connectivity index (χ1n) is 1.63. The van der Waals surface area contributed by atoms with Gasteiger partial charge in [0.05, 0.1) is 0 Å². The molecular weight excluding hydrogens is 99.1 g/mol. The Morgan fingerprint density at radius 1 is 1.60 bits per heavy atom. The molecule has 0 aromatic carbocycles. The molecule has 5 heavy (non-hydrogen) atoms. The Bertz CT molecular complexity index is 20.9. The first-order chi connectivity index (χ1) is 2.27. The van der Waals surface area contributed by atoms with Crippen LogP contribution >= 0.6 is 19.8 Å². The summed E-state index contributed by atoms with van der Waals surface area (Å²) in [5.41, 5.74) is 0. The topological polar surface area (TPSA) is 0 Å². The van der Waals surface area contributed by atoms with Crippen molar-refractivity contribution in [3.05, 3.63) is 0 Å². The molecule has 0 aliphatic heterocycles. The summed E-state index contributed by atoms with van der Waals surface area (Å²) in [7, 11) is 2.61. The van der Waals surface area contributed by atoms with E-state index < -0.39 is 0 Å². The fraction of sp³-hybridized carbons (Fsp3) is 1.00. The van der Waals surface area contributed by atoms with E-state index in [-0.39, 0.29) is 0 Å². The maximum Gasteiger partial charge on any atom is 0.00267 e. The summed E-state index contributed by atoms with van der Waals surface area (Å²) in [6.07, 6.45) is 0. The van der Waals surface area contributed by atoms with Gasteiger partial charge >= 0.3 is 0 Å².